The molecule has 0 amide bonds. The van der Waals surface area contributed by atoms with Crippen LogP contribution in [0.4, 0.5) is 17.2 Å². The zero-order valence-corrected chi connectivity index (χ0v) is 8.88. The van der Waals surface area contributed by atoms with Crippen molar-refractivity contribution < 1.29 is 4.92 Å². The van der Waals surface area contributed by atoms with Crippen LogP contribution in [0.2, 0.25) is 0 Å². The van der Waals surface area contributed by atoms with E-state index in [9.17, 15) is 10.1 Å². The van der Waals surface area contributed by atoms with Crippen molar-refractivity contribution in [3.63, 3.8) is 0 Å². The minimum absolute atomic E-state index is 0.0366. The van der Waals surface area contributed by atoms with Crippen molar-refractivity contribution in [2.75, 3.05) is 11.1 Å². The summed E-state index contributed by atoms with van der Waals surface area (Å²) >= 11 is 0. The second-order valence-corrected chi connectivity index (χ2v) is 3.44. The molecule has 7 heteroatoms. The number of H-pyrrole nitrogens is 1. The van der Waals surface area contributed by atoms with Gasteiger partial charge in [0.1, 0.15) is 11.5 Å². The van der Waals surface area contributed by atoms with Crippen molar-refractivity contribution in [3.05, 3.63) is 46.1 Å². The molecule has 7 nitrogen and oxygen atoms in total. The van der Waals surface area contributed by atoms with Crippen molar-refractivity contribution in [2.45, 2.75) is 6.54 Å². The third kappa shape index (κ3) is 2.33. The smallest absolute Gasteiger partial charge is 0.292 e. The number of aromatic nitrogens is 2. The Bertz CT molecular complexity index is 537. The van der Waals surface area contributed by atoms with Gasteiger partial charge in [-0.25, -0.2) is 0 Å². The molecular weight excluding hydrogens is 222 g/mol. The Morgan fingerprint density at radius 2 is 2.24 bits per heavy atom. The molecule has 0 radical (unpaired) electrons. The average Bonchev–Trinajstić information content (AvgIpc) is 2.72. The first-order valence-electron chi connectivity index (χ1n) is 4.93. The summed E-state index contributed by atoms with van der Waals surface area (Å²) < 4.78 is 0. The van der Waals surface area contributed by atoms with Gasteiger partial charge in [-0.1, -0.05) is 12.1 Å². The van der Waals surface area contributed by atoms with Gasteiger partial charge >= 0.3 is 0 Å². The average molecular weight is 233 g/mol. The summed E-state index contributed by atoms with van der Waals surface area (Å²) in [4.78, 5) is 10.3. The fraction of sp³-hybridized carbons (Fsp3) is 0.100. The van der Waals surface area contributed by atoms with Gasteiger partial charge in [0.15, 0.2) is 0 Å². The van der Waals surface area contributed by atoms with E-state index in [1.807, 2.05) is 0 Å². The quantitative estimate of drug-likeness (QED) is 0.547. The number of hydrogen-bond acceptors (Lipinski definition) is 5. The van der Waals surface area contributed by atoms with Crippen molar-refractivity contribution in [1.82, 2.24) is 10.2 Å². The first-order valence-corrected chi connectivity index (χ1v) is 4.93. The molecule has 0 aliphatic carbocycles. The topological polar surface area (TPSA) is 110 Å². The lowest BCUT2D eigenvalue weighted by atomic mass is 10.2. The zero-order valence-electron chi connectivity index (χ0n) is 8.88. The number of nitrogen functional groups attached to an aromatic ring is 1. The molecule has 1 aromatic carbocycles. The maximum Gasteiger partial charge on any atom is 0.292 e. The van der Waals surface area contributed by atoms with E-state index in [4.69, 9.17) is 5.73 Å². The van der Waals surface area contributed by atoms with Crippen molar-refractivity contribution in [3.8, 4) is 0 Å². The van der Waals surface area contributed by atoms with Gasteiger partial charge < -0.3 is 11.1 Å². The summed E-state index contributed by atoms with van der Waals surface area (Å²) in [5, 5.41) is 20.1. The maximum absolute atomic E-state index is 10.8. The van der Waals surface area contributed by atoms with E-state index >= 15 is 0 Å². The highest BCUT2D eigenvalue weighted by Gasteiger charge is 2.12. The SMILES string of the molecule is Nc1[nH]ncc1CNc1ccccc1[N+](=O)[O-]. The van der Waals surface area contributed by atoms with Crippen LogP contribution in [0.1, 0.15) is 5.56 Å². The number of para-hydroxylation sites is 2. The lowest BCUT2D eigenvalue weighted by Gasteiger charge is -2.05. The normalized spacial score (nSPS) is 10.1. The Balaban J connectivity index is 2.14. The molecule has 4 N–H and O–H groups in total. The van der Waals surface area contributed by atoms with Crippen LogP contribution in [-0.2, 0) is 6.54 Å². The number of benzene rings is 1. The van der Waals surface area contributed by atoms with Crippen LogP contribution in [0, 0.1) is 10.1 Å². The van der Waals surface area contributed by atoms with Gasteiger partial charge in [-0.2, -0.15) is 5.10 Å². The van der Waals surface area contributed by atoms with Gasteiger partial charge in [-0.05, 0) is 6.07 Å². The summed E-state index contributed by atoms with van der Waals surface area (Å²) in [7, 11) is 0. The van der Waals surface area contributed by atoms with Crippen LogP contribution in [-0.4, -0.2) is 15.1 Å². The molecule has 17 heavy (non-hydrogen) atoms. The molecule has 2 rings (SSSR count). The maximum atomic E-state index is 10.8. The molecule has 1 aromatic heterocycles. The Morgan fingerprint density at radius 1 is 1.47 bits per heavy atom. The number of anilines is 2. The molecule has 0 saturated heterocycles. The van der Waals surface area contributed by atoms with E-state index in [1.165, 1.54) is 6.07 Å². The minimum Gasteiger partial charge on any atom is -0.384 e. The summed E-state index contributed by atoms with van der Waals surface area (Å²) in [5.74, 6) is 0.455. The van der Waals surface area contributed by atoms with Crippen LogP contribution >= 0.6 is 0 Å². The van der Waals surface area contributed by atoms with E-state index in [0.29, 0.717) is 18.1 Å². The third-order valence-electron chi connectivity index (χ3n) is 2.32. The van der Waals surface area contributed by atoms with Crippen LogP contribution in [0.15, 0.2) is 30.5 Å². The van der Waals surface area contributed by atoms with Gasteiger partial charge in [-0.3, -0.25) is 15.2 Å². The molecule has 0 fully saturated rings. The summed E-state index contributed by atoms with van der Waals surface area (Å²) in [5.41, 5.74) is 6.87. The molecule has 1 heterocycles. The number of nitro groups is 1. The van der Waals surface area contributed by atoms with Crippen LogP contribution in [0.3, 0.4) is 0 Å². The van der Waals surface area contributed by atoms with Crippen molar-refractivity contribution in [2.24, 2.45) is 0 Å². The first-order chi connectivity index (χ1) is 8.18. The number of nitro benzene ring substituents is 1. The highest BCUT2D eigenvalue weighted by Crippen LogP contribution is 2.24. The van der Waals surface area contributed by atoms with Crippen molar-refractivity contribution in [1.29, 1.82) is 0 Å². The van der Waals surface area contributed by atoms with E-state index < -0.39 is 4.92 Å². The van der Waals surface area contributed by atoms with E-state index in [-0.39, 0.29) is 5.69 Å². The predicted molar refractivity (Wildman–Crippen MR) is 63.4 cm³/mol. The van der Waals surface area contributed by atoms with Gasteiger partial charge in [0.05, 0.1) is 11.1 Å². The second-order valence-electron chi connectivity index (χ2n) is 3.44. The third-order valence-corrected chi connectivity index (χ3v) is 2.32. The van der Waals surface area contributed by atoms with E-state index in [0.717, 1.165) is 5.56 Å². The molecule has 88 valence electrons. The number of nitrogens with two attached hydrogens (primary N) is 1. The number of aromatic amines is 1. The lowest BCUT2D eigenvalue weighted by Crippen LogP contribution is -2.03. The molecule has 0 atom stereocenters. The lowest BCUT2D eigenvalue weighted by molar-refractivity contribution is -0.384. The van der Waals surface area contributed by atoms with Crippen LogP contribution in [0.5, 0.6) is 0 Å². The summed E-state index contributed by atoms with van der Waals surface area (Å²) in [6, 6.07) is 6.44. The van der Waals surface area contributed by atoms with Gasteiger partial charge in [0.25, 0.3) is 5.69 Å². The first kappa shape index (κ1) is 10.9. The minimum atomic E-state index is -0.430. The number of rotatable bonds is 4. The highest BCUT2D eigenvalue weighted by atomic mass is 16.6. The van der Waals surface area contributed by atoms with Gasteiger partial charge in [0, 0.05) is 18.2 Å². The van der Waals surface area contributed by atoms with E-state index in [1.54, 1.807) is 24.4 Å². The Morgan fingerprint density at radius 3 is 2.88 bits per heavy atom. The number of nitrogens with zero attached hydrogens (tertiary/aromatic N) is 2. The Labute approximate surface area is 96.8 Å². The molecule has 0 bridgehead atoms. The summed E-state index contributed by atoms with van der Waals surface area (Å²) in [6.07, 6.45) is 1.58. The molecule has 2 aromatic rings. The summed E-state index contributed by atoms with van der Waals surface area (Å²) in [6.45, 7) is 0.382. The fourth-order valence-corrected chi connectivity index (χ4v) is 1.43. The number of hydrogen-bond donors (Lipinski definition) is 3. The molecule has 0 unspecified atom stereocenters. The number of nitrogens with one attached hydrogen (secondary N) is 2. The van der Waals surface area contributed by atoms with E-state index in [2.05, 4.69) is 15.5 Å². The Hall–Kier alpha value is -2.57. The largest absolute Gasteiger partial charge is 0.384 e. The fourth-order valence-electron chi connectivity index (χ4n) is 1.43. The second kappa shape index (κ2) is 4.52. The monoisotopic (exact) mass is 233 g/mol. The van der Waals surface area contributed by atoms with Crippen LogP contribution < -0.4 is 11.1 Å². The predicted octanol–water partition coefficient (Wildman–Crippen LogP) is 1.51. The standard InChI is InChI=1S/C10H11N5O2/c11-10-7(6-13-14-10)5-12-8-3-1-2-4-9(8)15(16)17/h1-4,6,12H,5H2,(H3,11,13,14). The van der Waals surface area contributed by atoms with Crippen molar-refractivity contribution >= 4 is 17.2 Å². The van der Waals surface area contributed by atoms with Crippen LogP contribution in [0.25, 0.3) is 0 Å². The van der Waals surface area contributed by atoms with Gasteiger partial charge in [-0.15, -0.1) is 0 Å². The zero-order chi connectivity index (χ0) is 12.3. The molecule has 0 aliphatic heterocycles. The van der Waals surface area contributed by atoms with Gasteiger partial charge in [0.2, 0.25) is 0 Å². The molecule has 0 spiro atoms. The molecule has 0 saturated carbocycles. The molecule has 0 aliphatic rings. The molecular formula is C10H11N5O2. The Kier molecular flexibility index (Phi) is 2.91. The highest BCUT2D eigenvalue weighted by molar-refractivity contribution is 5.61.